The summed E-state index contributed by atoms with van der Waals surface area (Å²) in [5.74, 6) is 3.29. The first-order chi connectivity index (χ1) is 9.62. The Bertz CT molecular complexity index is 475. The summed E-state index contributed by atoms with van der Waals surface area (Å²) in [6.45, 7) is 0. The predicted octanol–water partition coefficient (Wildman–Crippen LogP) is 4.00. The van der Waals surface area contributed by atoms with Crippen molar-refractivity contribution in [1.82, 2.24) is 0 Å². The summed E-state index contributed by atoms with van der Waals surface area (Å²) in [5.41, 5.74) is 8.09. The maximum atomic E-state index is 9.64. The minimum atomic E-state index is 0.0818. The number of phenolic OH excluding ortho intramolecular Hbond substituents is 1. The molecule has 0 heterocycles. The SMILES string of the molecule is NC(CC12CC3CC(CC(C3)C1)C2)c1cccc(O)c1. The smallest absolute Gasteiger partial charge is 0.115 e. The molecule has 2 heteroatoms. The van der Waals surface area contributed by atoms with E-state index in [-0.39, 0.29) is 6.04 Å². The monoisotopic (exact) mass is 271 g/mol. The topological polar surface area (TPSA) is 46.2 Å². The lowest BCUT2D eigenvalue weighted by Crippen LogP contribution is -2.47. The van der Waals surface area contributed by atoms with Gasteiger partial charge in [0, 0.05) is 6.04 Å². The first kappa shape index (κ1) is 12.7. The summed E-state index contributed by atoms with van der Waals surface area (Å²) in [6.07, 6.45) is 9.80. The quantitative estimate of drug-likeness (QED) is 0.873. The Hall–Kier alpha value is -1.02. The molecule has 108 valence electrons. The molecule has 4 aliphatic rings. The summed E-state index contributed by atoms with van der Waals surface area (Å²) in [5, 5.41) is 9.64. The molecule has 0 spiro atoms. The zero-order valence-electron chi connectivity index (χ0n) is 12.1. The molecule has 4 aliphatic carbocycles. The van der Waals surface area contributed by atoms with Crippen molar-refractivity contribution in [3.8, 4) is 5.75 Å². The van der Waals surface area contributed by atoms with E-state index in [1.165, 1.54) is 38.5 Å². The molecule has 4 saturated carbocycles. The third kappa shape index (κ3) is 2.14. The van der Waals surface area contributed by atoms with Crippen molar-refractivity contribution in [2.45, 2.75) is 51.0 Å². The standard InChI is InChI=1S/C18H25NO/c19-17(15-2-1-3-16(20)7-15)11-18-8-12-4-13(9-18)6-14(5-12)10-18/h1-3,7,12-14,17,20H,4-6,8-11,19H2. The minimum Gasteiger partial charge on any atom is -0.508 e. The number of hydrogen-bond donors (Lipinski definition) is 2. The molecule has 4 fully saturated rings. The molecule has 0 amide bonds. The van der Waals surface area contributed by atoms with Crippen LogP contribution in [0.1, 0.15) is 56.6 Å². The molecule has 4 bridgehead atoms. The predicted molar refractivity (Wildman–Crippen MR) is 80.3 cm³/mol. The average Bonchev–Trinajstić information content (AvgIpc) is 2.36. The molecule has 5 rings (SSSR count). The van der Waals surface area contributed by atoms with Crippen molar-refractivity contribution in [1.29, 1.82) is 0 Å². The number of hydrogen-bond acceptors (Lipinski definition) is 2. The van der Waals surface area contributed by atoms with E-state index in [4.69, 9.17) is 5.73 Å². The first-order valence-electron chi connectivity index (χ1n) is 8.16. The van der Waals surface area contributed by atoms with Gasteiger partial charge in [-0.2, -0.15) is 0 Å². The summed E-state index contributed by atoms with van der Waals surface area (Å²) in [6, 6.07) is 7.61. The van der Waals surface area contributed by atoms with Crippen LogP contribution in [0.5, 0.6) is 5.75 Å². The Kier molecular flexibility index (Phi) is 2.85. The maximum absolute atomic E-state index is 9.64. The second-order valence-corrected chi connectivity index (χ2v) is 7.82. The molecule has 1 atom stereocenters. The highest BCUT2D eigenvalue weighted by atomic mass is 16.3. The van der Waals surface area contributed by atoms with Gasteiger partial charge < -0.3 is 10.8 Å². The van der Waals surface area contributed by atoms with Gasteiger partial charge in [-0.1, -0.05) is 12.1 Å². The van der Waals surface area contributed by atoms with Gasteiger partial charge in [0.25, 0.3) is 0 Å². The van der Waals surface area contributed by atoms with E-state index in [2.05, 4.69) is 6.07 Å². The molecular formula is C18H25NO. The fraction of sp³-hybridized carbons (Fsp3) is 0.667. The van der Waals surface area contributed by atoms with Crippen molar-refractivity contribution >= 4 is 0 Å². The molecule has 20 heavy (non-hydrogen) atoms. The number of rotatable bonds is 3. The Morgan fingerprint density at radius 1 is 1.10 bits per heavy atom. The minimum absolute atomic E-state index is 0.0818. The Labute approximate surface area is 121 Å². The molecular weight excluding hydrogens is 246 g/mol. The second-order valence-electron chi connectivity index (χ2n) is 7.82. The highest BCUT2D eigenvalue weighted by Crippen LogP contribution is 2.62. The van der Waals surface area contributed by atoms with Crippen molar-refractivity contribution in [2.24, 2.45) is 28.9 Å². The van der Waals surface area contributed by atoms with Crippen molar-refractivity contribution in [3.63, 3.8) is 0 Å². The van der Waals surface area contributed by atoms with Crippen LogP contribution in [0.15, 0.2) is 24.3 Å². The second kappa shape index (κ2) is 4.49. The number of benzene rings is 1. The van der Waals surface area contributed by atoms with E-state index >= 15 is 0 Å². The van der Waals surface area contributed by atoms with Crippen LogP contribution in [0.2, 0.25) is 0 Å². The Morgan fingerprint density at radius 2 is 1.70 bits per heavy atom. The summed E-state index contributed by atoms with van der Waals surface area (Å²) in [4.78, 5) is 0. The van der Waals surface area contributed by atoms with Gasteiger partial charge in [-0.05, 0) is 85.8 Å². The van der Waals surface area contributed by atoms with Gasteiger partial charge in [-0.15, -0.1) is 0 Å². The van der Waals surface area contributed by atoms with E-state index in [0.29, 0.717) is 11.2 Å². The molecule has 0 aromatic heterocycles. The van der Waals surface area contributed by atoms with Crippen LogP contribution in [0.3, 0.4) is 0 Å². The lowest BCUT2D eigenvalue weighted by molar-refractivity contribution is -0.0605. The summed E-state index contributed by atoms with van der Waals surface area (Å²) < 4.78 is 0. The molecule has 2 nitrogen and oxygen atoms in total. The molecule has 1 aromatic carbocycles. The fourth-order valence-corrected chi connectivity index (χ4v) is 5.88. The van der Waals surface area contributed by atoms with Gasteiger partial charge in [0.1, 0.15) is 5.75 Å². The lowest BCUT2D eigenvalue weighted by atomic mass is 9.48. The van der Waals surface area contributed by atoms with Crippen LogP contribution in [0.4, 0.5) is 0 Å². The number of aromatic hydroxyl groups is 1. The molecule has 0 aliphatic heterocycles. The third-order valence-corrected chi connectivity index (χ3v) is 6.12. The van der Waals surface area contributed by atoms with Crippen LogP contribution in [-0.4, -0.2) is 5.11 Å². The summed E-state index contributed by atoms with van der Waals surface area (Å²) in [7, 11) is 0. The highest BCUT2D eigenvalue weighted by Gasteiger charge is 2.51. The summed E-state index contributed by atoms with van der Waals surface area (Å²) >= 11 is 0. The molecule has 3 N–H and O–H groups in total. The van der Waals surface area contributed by atoms with Gasteiger partial charge in [0.05, 0.1) is 0 Å². The largest absolute Gasteiger partial charge is 0.508 e. The zero-order valence-corrected chi connectivity index (χ0v) is 12.1. The Morgan fingerprint density at radius 3 is 2.25 bits per heavy atom. The fourth-order valence-electron chi connectivity index (χ4n) is 5.88. The van der Waals surface area contributed by atoms with Gasteiger partial charge >= 0.3 is 0 Å². The highest BCUT2D eigenvalue weighted by molar-refractivity contribution is 5.29. The third-order valence-electron chi connectivity index (χ3n) is 6.12. The van der Waals surface area contributed by atoms with Crippen molar-refractivity contribution < 1.29 is 5.11 Å². The van der Waals surface area contributed by atoms with Crippen LogP contribution in [-0.2, 0) is 0 Å². The van der Waals surface area contributed by atoms with Gasteiger partial charge in [0.2, 0.25) is 0 Å². The zero-order chi connectivity index (χ0) is 13.7. The van der Waals surface area contributed by atoms with Gasteiger partial charge in [0.15, 0.2) is 0 Å². The van der Waals surface area contributed by atoms with Crippen molar-refractivity contribution in [2.75, 3.05) is 0 Å². The van der Waals surface area contributed by atoms with E-state index in [1.54, 1.807) is 6.07 Å². The number of phenols is 1. The van der Waals surface area contributed by atoms with Crippen LogP contribution >= 0.6 is 0 Å². The number of nitrogens with two attached hydrogens (primary N) is 1. The van der Waals surface area contributed by atoms with Crippen LogP contribution < -0.4 is 5.73 Å². The first-order valence-corrected chi connectivity index (χ1v) is 8.16. The molecule has 0 radical (unpaired) electrons. The molecule has 0 saturated heterocycles. The normalized spacial score (nSPS) is 40.0. The van der Waals surface area contributed by atoms with E-state index in [9.17, 15) is 5.11 Å². The van der Waals surface area contributed by atoms with Crippen molar-refractivity contribution in [3.05, 3.63) is 29.8 Å². The van der Waals surface area contributed by atoms with Gasteiger partial charge in [-0.25, -0.2) is 0 Å². The maximum Gasteiger partial charge on any atom is 0.115 e. The van der Waals surface area contributed by atoms with Crippen LogP contribution in [0, 0.1) is 23.2 Å². The molecule has 1 aromatic rings. The van der Waals surface area contributed by atoms with E-state index < -0.39 is 0 Å². The molecule has 1 unspecified atom stereocenters. The lowest BCUT2D eigenvalue weighted by Gasteiger charge is -2.57. The average molecular weight is 271 g/mol. The van der Waals surface area contributed by atoms with E-state index in [1.807, 2.05) is 12.1 Å². The van der Waals surface area contributed by atoms with Gasteiger partial charge in [-0.3, -0.25) is 0 Å². The Balaban J connectivity index is 1.53. The van der Waals surface area contributed by atoms with E-state index in [0.717, 1.165) is 29.7 Å². The van der Waals surface area contributed by atoms with Crippen LogP contribution in [0.25, 0.3) is 0 Å².